The van der Waals surface area contributed by atoms with Crippen molar-refractivity contribution in [1.29, 1.82) is 0 Å². The van der Waals surface area contributed by atoms with Crippen molar-refractivity contribution in [2.24, 2.45) is 0 Å². The minimum Gasteiger partial charge on any atom is -0.296 e. The average molecular weight is 296 g/mol. The molecule has 112 valence electrons. The highest BCUT2D eigenvalue weighted by atomic mass is 32.2. The van der Waals surface area contributed by atoms with Gasteiger partial charge in [0.25, 0.3) is 0 Å². The molecule has 1 fully saturated rings. The maximum absolute atomic E-state index is 12.4. The lowest BCUT2D eigenvalue weighted by Crippen LogP contribution is -2.52. The number of rotatable bonds is 3. The third-order valence-electron chi connectivity index (χ3n) is 3.69. The van der Waals surface area contributed by atoms with Crippen molar-refractivity contribution in [3.8, 4) is 0 Å². The topological polar surface area (TPSA) is 40.6 Å². The van der Waals surface area contributed by atoms with Crippen LogP contribution in [0.25, 0.3) is 0 Å². The van der Waals surface area contributed by atoms with E-state index in [0.29, 0.717) is 13.1 Å². The summed E-state index contributed by atoms with van der Waals surface area (Å²) in [6, 6.07) is 10.3. The zero-order chi connectivity index (χ0) is 14.8. The van der Waals surface area contributed by atoms with Gasteiger partial charge in [0.2, 0.25) is 10.0 Å². The number of hydrogen-bond donors (Lipinski definition) is 0. The van der Waals surface area contributed by atoms with E-state index in [4.69, 9.17) is 0 Å². The van der Waals surface area contributed by atoms with E-state index in [0.717, 1.165) is 19.6 Å². The van der Waals surface area contributed by atoms with Gasteiger partial charge in [-0.3, -0.25) is 4.90 Å². The fraction of sp³-hybridized carbons (Fsp3) is 0.600. The standard InChI is InChI=1S/C15H24N2O2S/c1-15(2,3)20(18,19)17-11-9-16(10-12-17)13-14-7-5-4-6-8-14/h4-8H,9-13H2,1-3H3. The van der Waals surface area contributed by atoms with Gasteiger partial charge in [-0.2, -0.15) is 4.31 Å². The normalized spacial score (nSPS) is 19.1. The lowest BCUT2D eigenvalue weighted by atomic mass is 10.2. The molecule has 0 amide bonds. The fourth-order valence-electron chi connectivity index (χ4n) is 2.36. The van der Waals surface area contributed by atoms with Crippen molar-refractivity contribution >= 4 is 10.0 Å². The molecule has 0 atom stereocenters. The van der Waals surface area contributed by atoms with Crippen molar-refractivity contribution in [2.45, 2.75) is 32.1 Å². The number of sulfonamides is 1. The highest BCUT2D eigenvalue weighted by molar-refractivity contribution is 7.90. The molecule has 1 heterocycles. The predicted molar refractivity (Wildman–Crippen MR) is 82.0 cm³/mol. The molecule has 0 bridgehead atoms. The molecule has 1 saturated heterocycles. The van der Waals surface area contributed by atoms with Crippen LogP contribution in [0.15, 0.2) is 30.3 Å². The van der Waals surface area contributed by atoms with E-state index in [-0.39, 0.29) is 0 Å². The van der Waals surface area contributed by atoms with Gasteiger partial charge in [-0.15, -0.1) is 0 Å². The molecule has 1 aliphatic rings. The highest BCUT2D eigenvalue weighted by Crippen LogP contribution is 2.21. The molecule has 4 nitrogen and oxygen atoms in total. The Morgan fingerprint density at radius 1 is 1.00 bits per heavy atom. The summed E-state index contributed by atoms with van der Waals surface area (Å²) >= 11 is 0. The van der Waals surface area contributed by atoms with Crippen molar-refractivity contribution < 1.29 is 8.42 Å². The molecule has 1 aromatic rings. The first-order valence-electron chi connectivity index (χ1n) is 7.07. The average Bonchev–Trinajstić information content (AvgIpc) is 2.39. The number of nitrogens with zero attached hydrogens (tertiary/aromatic N) is 2. The van der Waals surface area contributed by atoms with E-state index >= 15 is 0 Å². The molecule has 0 saturated carbocycles. The van der Waals surface area contributed by atoms with Crippen molar-refractivity contribution in [1.82, 2.24) is 9.21 Å². The molecule has 0 N–H and O–H groups in total. The summed E-state index contributed by atoms with van der Waals surface area (Å²) in [4.78, 5) is 2.31. The van der Waals surface area contributed by atoms with Gasteiger partial charge in [0.1, 0.15) is 0 Å². The van der Waals surface area contributed by atoms with E-state index in [1.165, 1.54) is 5.56 Å². The summed E-state index contributed by atoms with van der Waals surface area (Å²) < 4.78 is 25.7. The molecule has 2 rings (SSSR count). The van der Waals surface area contributed by atoms with Crippen LogP contribution < -0.4 is 0 Å². The predicted octanol–water partition coefficient (Wildman–Crippen LogP) is 1.93. The molecule has 20 heavy (non-hydrogen) atoms. The summed E-state index contributed by atoms with van der Waals surface area (Å²) in [5.41, 5.74) is 1.28. The van der Waals surface area contributed by atoms with E-state index in [1.807, 2.05) is 18.2 Å². The van der Waals surface area contributed by atoms with Crippen LogP contribution in [-0.2, 0) is 16.6 Å². The SMILES string of the molecule is CC(C)(C)S(=O)(=O)N1CCN(Cc2ccccc2)CC1. The second kappa shape index (κ2) is 5.84. The Kier molecular flexibility index (Phi) is 4.52. The first-order chi connectivity index (χ1) is 9.30. The van der Waals surface area contributed by atoms with Crippen LogP contribution >= 0.6 is 0 Å². The number of benzene rings is 1. The minimum atomic E-state index is -3.19. The Hall–Kier alpha value is -0.910. The molecule has 1 aromatic carbocycles. The molecule has 5 heteroatoms. The van der Waals surface area contributed by atoms with E-state index in [1.54, 1.807) is 25.1 Å². The maximum atomic E-state index is 12.4. The van der Waals surface area contributed by atoms with Gasteiger partial charge in [0.05, 0.1) is 4.75 Å². The Morgan fingerprint density at radius 3 is 2.05 bits per heavy atom. The molecule has 1 aliphatic heterocycles. The van der Waals surface area contributed by atoms with Crippen LogP contribution in [0.4, 0.5) is 0 Å². The molecule has 0 radical (unpaired) electrons. The van der Waals surface area contributed by atoms with Crippen LogP contribution in [0, 0.1) is 0 Å². The first-order valence-corrected chi connectivity index (χ1v) is 8.51. The van der Waals surface area contributed by atoms with Gasteiger partial charge in [-0.25, -0.2) is 8.42 Å². The third-order valence-corrected chi connectivity index (χ3v) is 6.29. The largest absolute Gasteiger partial charge is 0.296 e. The van der Waals surface area contributed by atoms with E-state index in [2.05, 4.69) is 17.0 Å². The lowest BCUT2D eigenvalue weighted by Gasteiger charge is -2.37. The second-order valence-electron chi connectivity index (χ2n) is 6.28. The smallest absolute Gasteiger partial charge is 0.219 e. The zero-order valence-electron chi connectivity index (χ0n) is 12.5. The van der Waals surface area contributed by atoms with Gasteiger partial charge >= 0.3 is 0 Å². The highest BCUT2D eigenvalue weighted by Gasteiger charge is 2.36. The lowest BCUT2D eigenvalue weighted by molar-refractivity contribution is 0.179. The van der Waals surface area contributed by atoms with Gasteiger partial charge in [-0.05, 0) is 26.3 Å². The second-order valence-corrected chi connectivity index (χ2v) is 8.97. The van der Waals surface area contributed by atoms with Gasteiger partial charge < -0.3 is 0 Å². The van der Waals surface area contributed by atoms with Gasteiger partial charge in [0, 0.05) is 32.7 Å². The summed E-state index contributed by atoms with van der Waals surface area (Å²) in [5.74, 6) is 0. The molecule has 0 aliphatic carbocycles. The van der Waals surface area contributed by atoms with E-state index < -0.39 is 14.8 Å². The van der Waals surface area contributed by atoms with Crippen molar-refractivity contribution in [3.05, 3.63) is 35.9 Å². The number of hydrogen-bond acceptors (Lipinski definition) is 3. The quantitative estimate of drug-likeness (QED) is 0.856. The van der Waals surface area contributed by atoms with Crippen LogP contribution in [0.5, 0.6) is 0 Å². The summed E-state index contributed by atoms with van der Waals surface area (Å²) in [5, 5.41) is 0. The van der Waals surface area contributed by atoms with Crippen molar-refractivity contribution in [2.75, 3.05) is 26.2 Å². The van der Waals surface area contributed by atoms with Gasteiger partial charge in [0.15, 0.2) is 0 Å². The molecular formula is C15H24N2O2S. The fourth-order valence-corrected chi connectivity index (χ4v) is 3.78. The minimum absolute atomic E-state index is 0.590. The summed E-state index contributed by atoms with van der Waals surface area (Å²) in [7, 11) is -3.19. The van der Waals surface area contributed by atoms with Crippen LogP contribution in [0.3, 0.4) is 0 Å². The van der Waals surface area contributed by atoms with Crippen LogP contribution in [0.1, 0.15) is 26.3 Å². The summed E-state index contributed by atoms with van der Waals surface area (Å²) in [6.45, 7) is 8.95. The molecule has 0 spiro atoms. The van der Waals surface area contributed by atoms with E-state index in [9.17, 15) is 8.42 Å². The zero-order valence-corrected chi connectivity index (χ0v) is 13.4. The van der Waals surface area contributed by atoms with Gasteiger partial charge in [-0.1, -0.05) is 30.3 Å². The Bertz CT molecular complexity index is 527. The van der Waals surface area contributed by atoms with Crippen molar-refractivity contribution in [3.63, 3.8) is 0 Å². The van der Waals surface area contributed by atoms with Crippen LogP contribution in [-0.4, -0.2) is 48.5 Å². The Morgan fingerprint density at radius 2 is 1.55 bits per heavy atom. The summed E-state index contributed by atoms with van der Waals surface area (Å²) in [6.07, 6.45) is 0. The molecule has 0 aromatic heterocycles. The van der Waals surface area contributed by atoms with Crippen LogP contribution in [0.2, 0.25) is 0 Å². The number of piperazine rings is 1. The Labute approximate surface area is 122 Å². The molecular weight excluding hydrogens is 272 g/mol. The first kappa shape index (κ1) is 15.5. The maximum Gasteiger partial charge on any atom is 0.219 e. The molecule has 0 unspecified atom stereocenters. The Balaban J connectivity index is 1.93. The monoisotopic (exact) mass is 296 g/mol. The third kappa shape index (κ3) is 3.40.